The predicted molar refractivity (Wildman–Crippen MR) is 121 cm³/mol. The van der Waals surface area contributed by atoms with Crippen LogP contribution in [0.15, 0.2) is 72.1 Å². The van der Waals surface area contributed by atoms with Crippen LogP contribution in [0.25, 0.3) is 11.5 Å². The highest BCUT2D eigenvalue weighted by Crippen LogP contribution is 2.17. The second-order valence-electron chi connectivity index (χ2n) is 7.22. The normalized spacial score (nSPS) is 11.5. The Kier molecular flexibility index (Phi) is 6.07. The standard InChI is InChI=1S/C23H26N8/c1-17-13-18(2)31(29-17)21-8-5-4-7-20(21)16-27-23(24-3)26-15-19-9-11-25-22(14-19)30-12-6-10-28-30/h4-14H,15-16H2,1-3H3,(H2,24,26,27). The van der Waals surface area contributed by atoms with E-state index in [1.807, 2.05) is 48.1 Å². The third-order valence-electron chi connectivity index (χ3n) is 4.91. The van der Waals surface area contributed by atoms with Crippen LogP contribution in [0.5, 0.6) is 0 Å². The van der Waals surface area contributed by atoms with Crippen molar-refractivity contribution in [2.45, 2.75) is 26.9 Å². The van der Waals surface area contributed by atoms with Crippen LogP contribution in [0.4, 0.5) is 0 Å². The molecule has 0 saturated heterocycles. The van der Waals surface area contributed by atoms with Crippen molar-refractivity contribution < 1.29 is 0 Å². The Labute approximate surface area is 181 Å². The van der Waals surface area contributed by atoms with Crippen LogP contribution in [0.2, 0.25) is 0 Å². The van der Waals surface area contributed by atoms with E-state index < -0.39 is 0 Å². The van der Waals surface area contributed by atoms with Crippen molar-refractivity contribution in [3.63, 3.8) is 0 Å². The first-order valence-corrected chi connectivity index (χ1v) is 10.1. The number of aromatic nitrogens is 5. The zero-order valence-corrected chi connectivity index (χ0v) is 17.9. The highest BCUT2D eigenvalue weighted by Gasteiger charge is 2.09. The molecule has 3 heterocycles. The molecule has 0 fully saturated rings. The lowest BCUT2D eigenvalue weighted by Gasteiger charge is -2.15. The molecule has 0 atom stereocenters. The maximum atomic E-state index is 4.62. The van der Waals surface area contributed by atoms with Gasteiger partial charge in [0.2, 0.25) is 0 Å². The number of aliphatic imine (C=N–C) groups is 1. The third kappa shape index (κ3) is 4.80. The number of nitrogens with zero attached hydrogens (tertiary/aromatic N) is 6. The smallest absolute Gasteiger partial charge is 0.191 e. The van der Waals surface area contributed by atoms with Crippen molar-refractivity contribution in [3.8, 4) is 11.5 Å². The van der Waals surface area contributed by atoms with E-state index in [1.165, 1.54) is 0 Å². The summed E-state index contributed by atoms with van der Waals surface area (Å²) in [6, 6.07) is 16.2. The Morgan fingerprint density at radius 2 is 1.84 bits per heavy atom. The van der Waals surface area contributed by atoms with Crippen molar-refractivity contribution in [2.24, 2.45) is 4.99 Å². The summed E-state index contributed by atoms with van der Waals surface area (Å²) in [6.45, 7) is 5.32. The third-order valence-corrected chi connectivity index (χ3v) is 4.91. The van der Waals surface area contributed by atoms with E-state index in [0.29, 0.717) is 13.1 Å². The lowest BCUT2D eigenvalue weighted by atomic mass is 10.1. The largest absolute Gasteiger partial charge is 0.352 e. The van der Waals surface area contributed by atoms with Crippen LogP contribution < -0.4 is 10.6 Å². The minimum atomic E-state index is 0.621. The molecule has 0 bridgehead atoms. The van der Waals surface area contributed by atoms with E-state index in [-0.39, 0.29) is 0 Å². The van der Waals surface area contributed by atoms with Crippen LogP contribution in [0.1, 0.15) is 22.5 Å². The number of aryl methyl sites for hydroxylation is 2. The van der Waals surface area contributed by atoms with Gasteiger partial charge in [0, 0.05) is 44.4 Å². The van der Waals surface area contributed by atoms with Crippen LogP contribution in [0, 0.1) is 13.8 Å². The number of benzene rings is 1. The maximum Gasteiger partial charge on any atom is 0.191 e. The van der Waals surface area contributed by atoms with Crippen molar-refractivity contribution >= 4 is 5.96 Å². The van der Waals surface area contributed by atoms with E-state index in [4.69, 9.17) is 0 Å². The van der Waals surface area contributed by atoms with Gasteiger partial charge in [0.25, 0.3) is 0 Å². The summed E-state index contributed by atoms with van der Waals surface area (Å²) in [4.78, 5) is 8.72. The van der Waals surface area contributed by atoms with E-state index in [1.54, 1.807) is 24.1 Å². The molecule has 8 nitrogen and oxygen atoms in total. The summed E-state index contributed by atoms with van der Waals surface area (Å²) in [5.41, 5.74) is 5.41. The summed E-state index contributed by atoms with van der Waals surface area (Å²) in [6.07, 6.45) is 5.40. The number of pyridine rings is 1. The van der Waals surface area contributed by atoms with Crippen molar-refractivity contribution in [1.82, 2.24) is 35.2 Å². The summed E-state index contributed by atoms with van der Waals surface area (Å²) in [5, 5.41) is 15.6. The molecular weight excluding hydrogens is 388 g/mol. The van der Waals surface area contributed by atoms with E-state index in [2.05, 4.69) is 55.9 Å². The van der Waals surface area contributed by atoms with Crippen molar-refractivity contribution in [3.05, 3.63) is 89.6 Å². The molecule has 8 heteroatoms. The van der Waals surface area contributed by atoms with E-state index in [0.717, 1.165) is 40.0 Å². The average molecular weight is 415 g/mol. The topological polar surface area (TPSA) is 85.0 Å². The molecule has 0 amide bonds. The fraction of sp³-hybridized carbons (Fsp3) is 0.217. The van der Waals surface area contributed by atoms with Gasteiger partial charge in [-0.2, -0.15) is 10.2 Å². The highest BCUT2D eigenvalue weighted by molar-refractivity contribution is 5.79. The molecule has 31 heavy (non-hydrogen) atoms. The van der Waals surface area contributed by atoms with Gasteiger partial charge in [0.15, 0.2) is 11.8 Å². The fourth-order valence-corrected chi connectivity index (χ4v) is 3.43. The van der Waals surface area contributed by atoms with Gasteiger partial charge >= 0.3 is 0 Å². The summed E-state index contributed by atoms with van der Waals surface area (Å²) < 4.78 is 3.73. The molecule has 0 spiro atoms. The monoisotopic (exact) mass is 414 g/mol. The van der Waals surface area contributed by atoms with Gasteiger partial charge in [0.05, 0.1) is 11.4 Å². The molecule has 0 aliphatic rings. The lowest BCUT2D eigenvalue weighted by molar-refractivity contribution is 0.778. The Morgan fingerprint density at radius 3 is 2.58 bits per heavy atom. The van der Waals surface area contributed by atoms with Gasteiger partial charge in [-0.15, -0.1) is 0 Å². The molecule has 0 aliphatic heterocycles. The highest BCUT2D eigenvalue weighted by atomic mass is 15.3. The number of hydrogen-bond donors (Lipinski definition) is 2. The Balaban J connectivity index is 1.41. The summed E-state index contributed by atoms with van der Waals surface area (Å²) in [7, 11) is 1.77. The number of nitrogens with one attached hydrogen (secondary N) is 2. The molecule has 0 unspecified atom stereocenters. The number of hydrogen-bond acceptors (Lipinski definition) is 4. The summed E-state index contributed by atoms with van der Waals surface area (Å²) >= 11 is 0. The lowest BCUT2D eigenvalue weighted by Crippen LogP contribution is -2.36. The van der Waals surface area contributed by atoms with Gasteiger partial charge in [-0.25, -0.2) is 14.3 Å². The first-order valence-electron chi connectivity index (χ1n) is 10.1. The molecule has 4 rings (SSSR count). The number of rotatable bonds is 6. The van der Waals surface area contributed by atoms with Gasteiger partial charge in [-0.3, -0.25) is 4.99 Å². The average Bonchev–Trinajstić information content (AvgIpc) is 3.44. The van der Waals surface area contributed by atoms with Crippen molar-refractivity contribution in [2.75, 3.05) is 7.05 Å². The Bertz CT molecular complexity index is 1170. The van der Waals surface area contributed by atoms with Crippen LogP contribution in [-0.4, -0.2) is 37.6 Å². The number of para-hydroxylation sites is 1. The molecule has 1 aromatic carbocycles. The first-order chi connectivity index (χ1) is 15.1. The zero-order chi connectivity index (χ0) is 21.6. The molecule has 0 aliphatic carbocycles. The molecule has 158 valence electrons. The van der Waals surface area contributed by atoms with E-state index in [9.17, 15) is 0 Å². The first kappa shape index (κ1) is 20.3. The minimum Gasteiger partial charge on any atom is -0.352 e. The maximum absolute atomic E-state index is 4.62. The molecule has 0 saturated carbocycles. The van der Waals surface area contributed by atoms with E-state index >= 15 is 0 Å². The SMILES string of the molecule is CN=C(NCc1ccnc(-n2cccn2)c1)NCc1ccccc1-n1nc(C)cc1C. The van der Waals surface area contributed by atoms with Crippen LogP contribution >= 0.6 is 0 Å². The molecule has 4 aromatic rings. The predicted octanol–water partition coefficient (Wildman–Crippen LogP) is 2.94. The minimum absolute atomic E-state index is 0.621. The van der Waals surface area contributed by atoms with Gasteiger partial charge in [-0.1, -0.05) is 18.2 Å². The van der Waals surface area contributed by atoms with Gasteiger partial charge < -0.3 is 10.6 Å². The zero-order valence-electron chi connectivity index (χ0n) is 17.9. The molecular formula is C23H26N8. The second kappa shape index (κ2) is 9.25. The van der Waals surface area contributed by atoms with Crippen LogP contribution in [0.3, 0.4) is 0 Å². The fourth-order valence-electron chi connectivity index (χ4n) is 3.43. The molecule has 3 aromatic heterocycles. The number of guanidine groups is 1. The van der Waals surface area contributed by atoms with Gasteiger partial charge in [0.1, 0.15) is 0 Å². The van der Waals surface area contributed by atoms with Crippen LogP contribution in [-0.2, 0) is 13.1 Å². The molecule has 0 radical (unpaired) electrons. The van der Waals surface area contributed by atoms with Gasteiger partial charge in [-0.05, 0) is 55.3 Å². The summed E-state index contributed by atoms with van der Waals surface area (Å²) in [5.74, 6) is 1.51. The Morgan fingerprint density at radius 1 is 1.00 bits per heavy atom. The second-order valence-corrected chi connectivity index (χ2v) is 7.22. The quantitative estimate of drug-likeness (QED) is 0.374. The molecule has 2 N–H and O–H groups in total. The van der Waals surface area contributed by atoms with Crippen molar-refractivity contribution in [1.29, 1.82) is 0 Å². The Hall–Kier alpha value is -3.94.